The molecule has 40 heavy (non-hydrogen) atoms. The monoisotopic (exact) mass is 544 g/mol. The first kappa shape index (κ1) is 29.2. The number of amides is 1. The fourth-order valence-corrected chi connectivity index (χ4v) is 5.90. The normalized spacial score (nSPS) is 20.9. The molecule has 3 aromatic rings. The summed E-state index contributed by atoms with van der Waals surface area (Å²) in [7, 11) is 1.64. The Hall–Kier alpha value is -3.84. The Morgan fingerprint density at radius 3 is 2.12 bits per heavy atom. The minimum Gasteiger partial charge on any atom is -0.496 e. The third kappa shape index (κ3) is 6.15. The van der Waals surface area contributed by atoms with Gasteiger partial charge in [0.25, 0.3) is 0 Å². The van der Waals surface area contributed by atoms with Crippen molar-refractivity contribution in [3.8, 4) is 16.9 Å². The van der Waals surface area contributed by atoms with Crippen molar-refractivity contribution in [2.24, 2.45) is 11.3 Å². The second kappa shape index (κ2) is 12.1. The van der Waals surface area contributed by atoms with Crippen LogP contribution in [0.4, 0.5) is 4.79 Å². The van der Waals surface area contributed by atoms with Crippen molar-refractivity contribution < 1.29 is 24.2 Å². The van der Waals surface area contributed by atoms with E-state index >= 15 is 0 Å². The van der Waals surface area contributed by atoms with Crippen molar-refractivity contribution in [3.05, 3.63) is 90.0 Å². The van der Waals surface area contributed by atoms with E-state index in [4.69, 9.17) is 9.47 Å². The minimum atomic E-state index is -1.08. The van der Waals surface area contributed by atoms with Crippen molar-refractivity contribution in [3.63, 3.8) is 0 Å². The van der Waals surface area contributed by atoms with E-state index in [2.05, 4.69) is 23.5 Å². The van der Waals surface area contributed by atoms with Crippen molar-refractivity contribution in [1.82, 2.24) is 10.2 Å². The SMILES string of the molecule is COc1ccc(-c2ccccc2)cc1CN[C@H]1[C@H](C(C)(C)C)[C@@H](C(=O)O)N(C(=O)OC(C)C)[C@H]1c1ccccc1. The summed E-state index contributed by atoms with van der Waals surface area (Å²) in [6, 6.07) is 23.8. The summed E-state index contributed by atoms with van der Waals surface area (Å²) in [5.41, 5.74) is 3.50. The van der Waals surface area contributed by atoms with Crippen LogP contribution in [-0.4, -0.2) is 47.4 Å². The molecule has 7 nitrogen and oxygen atoms in total. The largest absolute Gasteiger partial charge is 0.496 e. The van der Waals surface area contributed by atoms with Crippen molar-refractivity contribution in [2.45, 2.75) is 65.4 Å². The average Bonchev–Trinajstić information content (AvgIpc) is 3.29. The molecule has 0 aliphatic carbocycles. The number of hydrogen-bond donors (Lipinski definition) is 2. The van der Waals surface area contributed by atoms with E-state index in [1.807, 2.05) is 81.4 Å². The molecule has 2 N–H and O–H groups in total. The number of likely N-dealkylation sites (tertiary alicyclic amines) is 1. The molecule has 1 saturated heterocycles. The molecular weight excluding hydrogens is 504 g/mol. The molecule has 0 radical (unpaired) electrons. The number of rotatable bonds is 8. The van der Waals surface area contributed by atoms with Gasteiger partial charge in [-0.25, -0.2) is 9.59 Å². The summed E-state index contributed by atoms with van der Waals surface area (Å²) in [4.78, 5) is 27.8. The third-order valence-electron chi connectivity index (χ3n) is 7.52. The zero-order chi connectivity index (χ0) is 29.0. The summed E-state index contributed by atoms with van der Waals surface area (Å²) in [6.07, 6.45) is -1.01. The van der Waals surface area contributed by atoms with Gasteiger partial charge >= 0.3 is 12.1 Å². The molecule has 7 heteroatoms. The lowest BCUT2D eigenvalue weighted by molar-refractivity contribution is -0.144. The number of carboxylic acids is 1. The summed E-state index contributed by atoms with van der Waals surface area (Å²) in [6.45, 7) is 10.0. The second-order valence-electron chi connectivity index (χ2n) is 11.7. The molecule has 4 atom stereocenters. The number of hydrogen-bond acceptors (Lipinski definition) is 5. The topological polar surface area (TPSA) is 88.1 Å². The molecule has 0 bridgehead atoms. The highest BCUT2D eigenvalue weighted by atomic mass is 16.6. The molecule has 1 heterocycles. The van der Waals surface area contributed by atoms with Crippen molar-refractivity contribution in [1.29, 1.82) is 0 Å². The van der Waals surface area contributed by atoms with Crippen LogP contribution in [-0.2, 0) is 16.1 Å². The zero-order valence-corrected chi connectivity index (χ0v) is 24.1. The van der Waals surface area contributed by atoms with E-state index in [9.17, 15) is 14.7 Å². The van der Waals surface area contributed by atoms with Crippen LogP contribution in [0.5, 0.6) is 5.75 Å². The standard InChI is InChI=1S/C33H40N2O5/c1-21(2)40-32(38)35-29(23-15-11-8-12-16-23)28(27(33(3,4)5)30(35)31(36)37)34-20-25-19-24(17-18-26(25)39-6)22-13-9-7-10-14-22/h7-19,21,27-30,34H,20H2,1-6H3,(H,36,37)/t27-,28-,29-,30-/m0/s1. The van der Waals surface area contributed by atoms with Gasteiger partial charge < -0.3 is 19.9 Å². The Morgan fingerprint density at radius 1 is 0.950 bits per heavy atom. The van der Waals surface area contributed by atoms with Crippen molar-refractivity contribution in [2.75, 3.05) is 7.11 Å². The number of carbonyl (C=O) groups is 2. The predicted molar refractivity (Wildman–Crippen MR) is 156 cm³/mol. The molecule has 212 valence electrons. The molecule has 1 aliphatic rings. The number of ether oxygens (including phenoxy) is 2. The predicted octanol–water partition coefficient (Wildman–Crippen LogP) is 6.54. The number of methoxy groups -OCH3 is 1. The van der Waals surface area contributed by atoms with Gasteiger partial charge in [-0.15, -0.1) is 0 Å². The van der Waals surface area contributed by atoms with Gasteiger partial charge in [0.15, 0.2) is 0 Å². The van der Waals surface area contributed by atoms with Gasteiger partial charge in [0.05, 0.1) is 19.3 Å². The molecule has 3 aromatic carbocycles. The lowest BCUT2D eigenvalue weighted by Crippen LogP contribution is -2.48. The van der Waals surface area contributed by atoms with Crippen LogP contribution in [0, 0.1) is 11.3 Å². The van der Waals surface area contributed by atoms with Gasteiger partial charge in [-0.3, -0.25) is 4.90 Å². The Bertz CT molecular complexity index is 1300. The Labute approximate surface area is 237 Å². The van der Waals surface area contributed by atoms with Gasteiger partial charge in [0.1, 0.15) is 11.8 Å². The number of aliphatic carboxylic acids is 1. The molecule has 4 rings (SSSR count). The molecule has 1 fully saturated rings. The highest BCUT2D eigenvalue weighted by Crippen LogP contribution is 2.48. The van der Waals surface area contributed by atoms with Gasteiger partial charge in [-0.05, 0) is 48.1 Å². The van der Waals surface area contributed by atoms with Crippen LogP contribution in [0.3, 0.4) is 0 Å². The molecule has 1 aliphatic heterocycles. The fourth-order valence-electron chi connectivity index (χ4n) is 5.90. The van der Waals surface area contributed by atoms with E-state index in [1.54, 1.807) is 21.0 Å². The van der Waals surface area contributed by atoms with Gasteiger partial charge in [-0.2, -0.15) is 0 Å². The smallest absolute Gasteiger partial charge is 0.411 e. The molecule has 1 amide bonds. The van der Waals surface area contributed by atoms with Crippen LogP contribution in [0.2, 0.25) is 0 Å². The van der Waals surface area contributed by atoms with Gasteiger partial charge in [-0.1, -0.05) is 87.5 Å². The average molecular weight is 545 g/mol. The van der Waals surface area contributed by atoms with E-state index in [0.717, 1.165) is 28.0 Å². The van der Waals surface area contributed by atoms with Crippen LogP contribution >= 0.6 is 0 Å². The number of nitrogens with one attached hydrogen (secondary N) is 1. The summed E-state index contributed by atoms with van der Waals surface area (Å²) < 4.78 is 11.3. The Morgan fingerprint density at radius 2 is 1.57 bits per heavy atom. The van der Waals surface area contributed by atoms with Crippen LogP contribution < -0.4 is 10.1 Å². The van der Waals surface area contributed by atoms with Gasteiger partial charge in [0.2, 0.25) is 0 Å². The second-order valence-corrected chi connectivity index (χ2v) is 11.7. The molecule has 0 spiro atoms. The zero-order valence-electron chi connectivity index (χ0n) is 24.1. The summed E-state index contributed by atoms with van der Waals surface area (Å²) in [5, 5.41) is 14.2. The lowest BCUT2D eigenvalue weighted by Gasteiger charge is -2.35. The third-order valence-corrected chi connectivity index (χ3v) is 7.52. The maximum atomic E-state index is 13.5. The van der Waals surface area contributed by atoms with E-state index in [1.165, 1.54) is 4.90 Å². The highest BCUT2D eigenvalue weighted by Gasteiger charge is 2.58. The van der Waals surface area contributed by atoms with Crippen LogP contribution in [0.15, 0.2) is 78.9 Å². The van der Waals surface area contributed by atoms with Crippen LogP contribution in [0.25, 0.3) is 11.1 Å². The fraction of sp³-hybridized carbons (Fsp3) is 0.394. The van der Waals surface area contributed by atoms with Crippen LogP contribution in [0.1, 0.15) is 51.8 Å². The molecule has 0 aromatic heterocycles. The first-order chi connectivity index (χ1) is 19.0. The van der Waals surface area contributed by atoms with Crippen molar-refractivity contribution >= 4 is 12.1 Å². The summed E-state index contributed by atoms with van der Waals surface area (Å²) in [5.74, 6) is -0.729. The van der Waals surface area contributed by atoms with E-state index < -0.39 is 35.5 Å². The first-order valence-corrected chi connectivity index (χ1v) is 13.7. The number of nitrogens with zero attached hydrogens (tertiary/aromatic N) is 1. The number of carboxylic acid groups (broad SMARTS) is 1. The Kier molecular flexibility index (Phi) is 8.84. The lowest BCUT2D eigenvalue weighted by atomic mass is 9.72. The van der Waals surface area contributed by atoms with Gasteiger partial charge in [0, 0.05) is 24.1 Å². The molecular formula is C33H40N2O5. The number of benzene rings is 3. The highest BCUT2D eigenvalue weighted by molar-refractivity contribution is 5.82. The first-order valence-electron chi connectivity index (χ1n) is 13.7. The number of carbonyl (C=O) groups excluding carboxylic acids is 1. The molecule has 0 unspecified atom stereocenters. The minimum absolute atomic E-state index is 0.381. The molecule has 0 saturated carbocycles. The quantitative estimate of drug-likeness (QED) is 0.335. The summed E-state index contributed by atoms with van der Waals surface area (Å²) >= 11 is 0. The maximum absolute atomic E-state index is 13.5. The van der Waals surface area contributed by atoms with E-state index in [-0.39, 0.29) is 12.1 Å². The maximum Gasteiger partial charge on any atom is 0.411 e. The Balaban J connectivity index is 1.79. The van der Waals surface area contributed by atoms with E-state index in [0.29, 0.717) is 6.54 Å².